The number of hydrogen-bond donors (Lipinski definition) is 0. The highest BCUT2D eigenvalue weighted by molar-refractivity contribution is 7.79. The second-order valence-corrected chi connectivity index (χ2v) is 29.3. The first kappa shape index (κ1) is 41.2. The molecule has 0 radical (unpaired) electrons. The molecule has 3 saturated heterocycles. The van der Waals surface area contributed by atoms with Gasteiger partial charge in [-0.2, -0.15) is 0 Å². The van der Waals surface area contributed by atoms with E-state index in [2.05, 4.69) is 0 Å². The molecule has 6 atom stereocenters. The monoisotopic (exact) mass is 720 g/mol. The van der Waals surface area contributed by atoms with Gasteiger partial charge in [0.05, 0.1) is 18.3 Å². The molecule has 252 valence electrons. The normalized spacial score (nSPS) is 38.9. The summed E-state index contributed by atoms with van der Waals surface area (Å²) in [6.07, 6.45) is 5.02. The lowest BCUT2D eigenvalue weighted by Crippen LogP contribution is -2.14. The lowest BCUT2D eigenvalue weighted by molar-refractivity contribution is 0.241. The van der Waals surface area contributed by atoms with Crippen molar-refractivity contribution in [3.05, 3.63) is 0 Å². The van der Waals surface area contributed by atoms with E-state index in [1.165, 1.54) is 21.3 Å². The van der Waals surface area contributed by atoms with E-state index >= 15 is 0 Å². The van der Waals surface area contributed by atoms with Crippen molar-refractivity contribution in [1.29, 1.82) is 0 Å². The highest BCUT2D eigenvalue weighted by atomic mass is 31.2. The number of rotatable bonds is 9. The van der Waals surface area contributed by atoms with Crippen LogP contribution in [0.15, 0.2) is 0 Å². The summed E-state index contributed by atoms with van der Waals surface area (Å²) in [5.74, 6) is 0.359. The van der Waals surface area contributed by atoms with Gasteiger partial charge in [0.15, 0.2) is 0 Å². The van der Waals surface area contributed by atoms with Crippen LogP contribution in [-0.4, -0.2) is 94.3 Å². The third-order valence-electron chi connectivity index (χ3n) is 6.53. The molecule has 3 aliphatic rings. The second kappa shape index (κ2) is 17.3. The maximum Gasteiger partial charge on any atom is 0.213 e. The molecule has 3 rings (SSSR count). The van der Waals surface area contributed by atoms with Gasteiger partial charge in [-0.1, -0.05) is 0 Å². The average molecular weight is 721 g/mol. The molecule has 6 unspecified atom stereocenters. The van der Waals surface area contributed by atoms with E-state index < -0.39 is 44.2 Å². The quantitative estimate of drug-likeness (QED) is 0.209. The predicted octanol–water partition coefficient (Wildman–Crippen LogP) is 8.93. The SMILES string of the molecule is CC(C)OP1(=O)CCP(=O)(OC(C)C)C1.COP1(=O)CCCCP(=O)(OC)C1.COP1(=O)CCCP(=O)(OC(C)C)C1. The average Bonchev–Trinajstić information content (AvgIpc) is 3.03. The van der Waals surface area contributed by atoms with E-state index in [0.29, 0.717) is 43.4 Å². The number of hydrogen-bond acceptors (Lipinski definition) is 12. The molecule has 0 spiro atoms. The summed E-state index contributed by atoms with van der Waals surface area (Å²) >= 11 is 0. The zero-order valence-corrected chi connectivity index (χ0v) is 32.2. The first-order valence-corrected chi connectivity index (χ1v) is 26.4. The van der Waals surface area contributed by atoms with E-state index in [1.807, 2.05) is 41.5 Å². The van der Waals surface area contributed by atoms with Gasteiger partial charge < -0.3 is 27.1 Å². The minimum atomic E-state index is -2.70. The van der Waals surface area contributed by atoms with Gasteiger partial charge in [-0.3, -0.25) is 27.4 Å². The zero-order chi connectivity index (χ0) is 32.5. The molecule has 0 bridgehead atoms. The minimum absolute atomic E-state index is 0.0794. The van der Waals surface area contributed by atoms with Crippen LogP contribution in [0.25, 0.3) is 0 Å². The molecule has 3 aliphatic heterocycles. The first-order chi connectivity index (χ1) is 19.2. The summed E-state index contributed by atoms with van der Waals surface area (Å²) < 4.78 is 103. The van der Waals surface area contributed by atoms with E-state index in [0.717, 1.165) is 12.8 Å². The van der Waals surface area contributed by atoms with Gasteiger partial charge in [0.1, 0.15) is 17.7 Å². The van der Waals surface area contributed by atoms with E-state index in [4.69, 9.17) is 27.1 Å². The Balaban J connectivity index is 0.000000316. The molecule has 0 N–H and O–H groups in total. The molecule has 0 aromatic carbocycles. The first-order valence-electron chi connectivity index (χ1n) is 14.4. The van der Waals surface area contributed by atoms with Crippen molar-refractivity contribution in [2.75, 3.05) is 76.0 Å². The van der Waals surface area contributed by atoms with E-state index in [-0.39, 0.29) is 36.0 Å². The van der Waals surface area contributed by atoms with Crippen LogP contribution >= 0.6 is 44.2 Å². The van der Waals surface area contributed by atoms with Crippen LogP contribution in [0.4, 0.5) is 0 Å². The third kappa shape index (κ3) is 14.7. The maximum absolute atomic E-state index is 12.1. The molecular weight excluding hydrogens is 666 g/mol. The van der Waals surface area contributed by atoms with Crippen LogP contribution in [0.5, 0.6) is 0 Å². The standard InChI is InChI=1S/C9H20O4P2.C8H18O4P2.C7H16O4P2/c1-8(2)12-14(10)5-6-15(11,7-14)13-9(3)4;1-8(2)12-14(10)6-4-5-13(9,7-14)11-3;1-10-12(8)5-3-4-6-13(9,7-12)11-2/h8-9H,5-7H2,1-4H3;8H,4-7H2,1-3H3;3-7H2,1-2H3. The highest BCUT2D eigenvalue weighted by Gasteiger charge is 2.45. The Morgan fingerprint density at radius 2 is 0.619 bits per heavy atom. The fourth-order valence-corrected chi connectivity index (χ4v) is 26.8. The lowest BCUT2D eigenvalue weighted by atomic mass is 10.4. The second-order valence-electron chi connectivity index (χ2n) is 11.7. The van der Waals surface area contributed by atoms with Crippen molar-refractivity contribution >= 4 is 44.2 Å². The highest BCUT2D eigenvalue weighted by Crippen LogP contribution is 2.70. The Labute approximate surface area is 253 Å². The van der Waals surface area contributed by atoms with Crippen molar-refractivity contribution in [3.63, 3.8) is 0 Å². The van der Waals surface area contributed by atoms with Crippen molar-refractivity contribution < 1.29 is 54.5 Å². The van der Waals surface area contributed by atoms with Crippen LogP contribution in [0, 0.1) is 0 Å². The summed E-state index contributed by atoms with van der Waals surface area (Å²) in [4.78, 5) is 0. The zero-order valence-electron chi connectivity index (χ0n) is 26.8. The summed E-state index contributed by atoms with van der Waals surface area (Å²) in [6, 6.07) is 0. The van der Waals surface area contributed by atoms with Crippen molar-refractivity contribution in [1.82, 2.24) is 0 Å². The van der Waals surface area contributed by atoms with Gasteiger partial charge in [0.25, 0.3) is 0 Å². The molecule has 12 nitrogen and oxygen atoms in total. The Morgan fingerprint density at radius 3 is 0.929 bits per heavy atom. The fraction of sp³-hybridized carbons (Fsp3) is 1.00. The molecule has 42 heavy (non-hydrogen) atoms. The molecule has 3 heterocycles. The van der Waals surface area contributed by atoms with Crippen LogP contribution < -0.4 is 0 Å². The van der Waals surface area contributed by atoms with Crippen molar-refractivity contribution in [2.24, 2.45) is 0 Å². The van der Waals surface area contributed by atoms with E-state index in [9.17, 15) is 27.4 Å². The van der Waals surface area contributed by atoms with Gasteiger partial charge in [-0.25, -0.2) is 0 Å². The van der Waals surface area contributed by atoms with Gasteiger partial charge in [-0.15, -0.1) is 0 Å². The van der Waals surface area contributed by atoms with Crippen molar-refractivity contribution in [3.8, 4) is 0 Å². The molecule has 0 aromatic heterocycles. The summed E-state index contributed by atoms with van der Waals surface area (Å²) in [5.41, 5.74) is 0. The predicted molar refractivity (Wildman–Crippen MR) is 173 cm³/mol. The molecule has 0 amide bonds. The van der Waals surface area contributed by atoms with Crippen LogP contribution in [0.3, 0.4) is 0 Å². The topological polar surface area (TPSA) is 158 Å². The molecule has 0 saturated carbocycles. The largest absolute Gasteiger partial charge is 0.331 e. The van der Waals surface area contributed by atoms with Crippen molar-refractivity contribution in [2.45, 2.75) is 79.1 Å². The van der Waals surface area contributed by atoms with Crippen LogP contribution in [-0.2, 0) is 54.5 Å². The molecule has 0 aromatic rings. The molecule has 3 fully saturated rings. The van der Waals surface area contributed by atoms with Gasteiger partial charge in [0.2, 0.25) is 44.2 Å². The lowest BCUT2D eigenvalue weighted by Gasteiger charge is -2.29. The molecule has 0 aliphatic carbocycles. The van der Waals surface area contributed by atoms with E-state index in [1.54, 1.807) is 0 Å². The Morgan fingerprint density at radius 1 is 0.381 bits per heavy atom. The summed E-state index contributed by atoms with van der Waals surface area (Å²) in [7, 11) is -11.8. The van der Waals surface area contributed by atoms with Gasteiger partial charge in [-0.05, 0) is 60.8 Å². The molecular formula is C24H54O12P6. The maximum atomic E-state index is 12.1. The Hall–Kier alpha value is 1.14. The molecule has 18 heteroatoms. The Bertz CT molecular complexity index is 1080. The van der Waals surface area contributed by atoms with Gasteiger partial charge >= 0.3 is 0 Å². The smallest absolute Gasteiger partial charge is 0.213 e. The summed E-state index contributed by atoms with van der Waals surface area (Å²) in [5, 5.41) is 0. The van der Waals surface area contributed by atoms with Gasteiger partial charge in [0, 0.05) is 58.3 Å². The fourth-order valence-electron chi connectivity index (χ4n) is 4.83. The minimum Gasteiger partial charge on any atom is -0.331 e. The van der Waals surface area contributed by atoms with Crippen LogP contribution in [0.1, 0.15) is 60.8 Å². The van der Waals surface area contributed by atoms with Crippen LogP contribution in [0.2, 0.25) is 0 Å². The third-order valence-corrected chi connectivity index (χ3v) is 27.4. The summed E-state index contributed by atoms with van der Waals surface area (Å²) in [6.45, 7) is 11.0. The Kier molecular flexibility index (Phi) is 17.0.